The van der Waals surface area contributed by atoms with Gasteiger partial charge in [-0.05, 0) is 52.6 Å². The second-order valence-electron chi connectivity index (χ2n) is 9.45. The zero-order valence-corrected chi connectivity index (χ0v) is 19.3. The Morgan fingerprint density at radius 2 is 1.97 bits per heavy atom. The Kier molecular flexibility index (Phi) is 6.35. The van der Waals surface area contributed by atoms with Crippen LogP contribution in [0.4, 0.5) is 18.7 Å². The minimum Gasteiger partial charge on any atom is -0.444 e. The van der Waals surface area contributed by atoms with Gasteiger partial charge in [0.1, 0.15) is 16.9 Å². The van der Waals surface area contributed by atoms with Crippen LogP contribution in [0, 0.1) is 17.6 Å². The highest BCUT2D eigenvalue weighted by Gasteiger charge is 2.36. The van der Waals surface area contributed by atoms with Gasteiger partial charge in [0.25, 0.3) is 0 Å². The summed E-state index contributed by atoms with van der Waals surface area (Å²) in [6.45, 7) is 8.25. The van der Waals surface area contributed by atoms with E-state index in [1.54, 1.807) is 4.90 Å². The number of likely N-dealkylation sites (tertiary alicyclic amines) is 2. The lowest BCUT2D eigenvalue weighted by atomic mass is 9.95. The van der Waals surface area contributed by atoms with Crippen LogP contribution in [-0.2, 0) is 9.53 Å². The molecule has 2 aliphatic heterocycles. The largest absolute Gasteiger partial charge is 0.444 e. The molecule has 3 heterocycles. The van der Waals surface area contributed by atoms with Crippen molar-refractivity contribution in [1.82, 2.24) is 14.8 Å². The van der Waals surface area contributed by atoms with Crippen LogP contribution in [0.2, 0.25) is 0 Å². The Bertz CT molecular complexity index is 1020. The lowest BCUT2D eigenvalue weighted by Crippen LogP contribution is -2.47. The number of hydrogen-bond donors (Lipinski definition) is 1. The molecular formula is C22H28F2N4O3S. The van der Waals surface area contributed by atoms with Gasteiger partial charge in [-0.25, -0.2) is 18.6 Å². The maximum Gasteiger partial charge on any atom is 0.410 e. The number of hydrogen-bond acceptors (Lipinski definition) is 6. The molecule has 7 nitrogen and oxygen atoms in total. The lowest BCUT2D eigenvalue weighted by molar-refractivity contribution is -0.121. The van der Waals surface area contributed by atoms with Gasteiger partial charge in [-0.2, -0.15) is 0 Å². The second kappa shape index (κ2) is 8.90. The Balaban J connectivity index is 1.35. The van der Waals surface area contributed by atoms with Crippen LogP contribution in [0.5, 0.6) is 0 Å². The number of aromatic nitrogens is 1. The number of piperidine rings is 1. The molecule has 0 spiro atoms. The molecule has 1 aromatic carbocycles. The number of fused-ring (bicyclic) bond motifs is 1. The first-order valence-electron chi connectivity index (χ1n) is 10.9. The molecule has 32 heavy (non-hydrogen) atoms. The molecular weight excluding hydrogens is 438 g/mol. The minimum atomic E-state index is -0.739. The average molecular weight is 467 g/mol. The molecule has 2 amide bonds. The van der Waals surface area contributed by atoms with Crippen LogP contribution in [0.15, 0.2) is 12.1 Å². The number of carbonyl (C=O) groups excluding carboxylic acids is 2. The van der Waals surface area contributed by atoms with E-state index in [0.29, 0.717) is 24.3 Å². The minimum absolute atomic E-state index is 0.0603. The summed E-state index contributed by atoms with van der Waals surface area (Å²) < 4.78 is 33.2. The van der Waals surface area contributed by atoms with Gasteiger partial charge in [-0.15, -0.1) is 0 Å². The molecule has 2 fully saturated rings. The van der Waals surface area contributed by atoms with Crippen molar-refractivity contribution in [1.29, 1.82) is 0 Å². The third kappa shape index (κ3) is 5.17. The molecule has 2 aliphatic rings. The van der Waals surface area contributed by atoms with Crippen molar-refractivity contribution in [3.05, 3.63) is 23.8 Å². The monoisotopic (exact) mass is 466 g/mol. The molecule has 2 unspecified atom stereocenters. The predicted molar refractivity (Wildman–Crippen MR) is 119 cm³/mol. The van der Waals surface area contributed by atoms with Gasteiger partial charge >= 0.3 is 6.09 Å². The van der Waals surface area contributed by atoms with E-state index in [1.165, 1.54) is 6.07 Å². The summed E-state index contributed by atoms with van der Waals surface area (Å²) in [5.74, 6) is -1.81. The molecule has 2 aromatic rings. The number of nitrogens with one attached hydrogen (secondary N) is 1. The number of halogens is 2. The van der Waals surface area contributed by atoms with Gasteiger partial charge in [0, 0.05) is 31.7 Å². The normalized spacial score (nSPS) is 22.3. The molecule has 174 valence electrons. The molecule has 10 heteroatoms. The highest BCUT2D eigenvalue weighted by Crippen LogP contribution is 2.30. The third-order valence-electron chi connectivity index (χ3n) is 5.80. The highest BCUT2D eigenvalue weighted by molar-refractivity contribution is 7.22. The van der Waals surface area contributed by atoms with E-state index >= 15 is 0 Å². The van der Waals surface area contributed by atoms with Gasteiger partial charge in [-0.1, -0.05) is 11.3 Å². The molecule has 0 radical (unpaired) electrons. The fourth-order valence-corrected chi connectivity index (χ4v) is 5.21. The average Bonchev–Trinajstić information content (AvgIpc) is 3.34. The maximum absolute atomic E-state index is 13.9. The van der Waals surface area contributed by atoms with Gasteiger partial charge in [0.2, 0.25) is 5.91 Å². The smallest absolute Gasteiger partial charge is 0.410 e. The van der Waals surface area contributed by atoms with Crippen LogP contribution in [-0.4, -0.2) is 64.6 Å². The number of nitrogens with zero attached hydrogens (tertiary/aromatic N) is 3. The molecule has 0 aliphatic carbocycles. The summed E-state index contributed by atoms with van der Waals surface area (Å²) >= 11 is 1.06. The molecule has 1 N–H and O–H groups in total. The number of carbonyl (C=O) groups is 2. The molecule has 2 atom stereocenters. The fraction of sp³-hybridized carbons (Fsp3) is 0.591. The number of anilines is 1. The van der Waals surface area contributed by atoms with E-state index in [4.69, 9.17) is 4.74 Å². The molecule has 0 saturated carbocycles. The van der Waals surface area contributed by atoms with Crippen LogP contribution in [0.25, 0.3) is 10.2 Å². The van der Waals surface area contributed by atoms with Gasteiger partial charge in [-0.3, -0.25) is 9.69 Å². The SMILES string of the molecule is CC(C)(C)OC(=O)N1CCC(N2CCCC(C(=O)Nc3nc4c(F)cc(F)cc4s3)C2)C1. The van der Waals surface area contributed by atoms with E-state index in [9.17, 15) is 18.4 Å². The van der Waals surface area contributed by atoms with E-state index in [-0.39, 0.29) is 34.6 Å². The van der Waals surface area contributed by atoms with Crippen molar-refractivity contribution >= 4 is 38.7 Å². The Morgan fingerprint density at radius 1 is 1.19 bits per heavy atom. The molecule has 1 aromatic heterocycles. The summed E-state index contributed by atoms with van der Waals surface area (Å²) in [7, 11) is 0. The van der Waals surface area contributed by atoms with Crippen molar-refractivity contribution in [3.63, 3.8) is 0 Å². The Morgan fingerprint density at radius 3 is 2.72 bits per heavy atom. The first-order chi connectivity index (χ1) is 15.1. The number of amides is 2. The number of rotatable bonds is 3. The lowest BCUT2D eigenvalue weighted by Gasteiger charge is -2.36. The zero-order chi connectivity index (χ0) is 23.0. The topological polar surface area (TPSA) is 74.8 Å². The number of thiazole rings is 1. The van der Waals surface area contributed by atoms with E-state index < -0.39 is 17.2 Å². The van der Waals surface area contributed by atoms with Crippen molar-refractivity contribution in [3.8, 4) is 0 Å². The van der Waals surface area contributed by atoms with Gasteiger partial charge in [0.05, 0.1) is 10.6 Å². The van der Waals surface area contributed by atoms with Crippen molar-refractivity contribution in [2.24, 2.45) is 5.92 Å². The fourth-order valence-electron chi connectivity index (χ4n) is 4.30. The van der Waals surface area contributed by atoms with Crippen molar-refractivity contribution < 1.29 is 23.1 Å². The quantitative estimate of drug-likeness (QED) is 0.733. The standard InChI is InChI=1S/C22H28F2N4O3S/c1-22(2,3)31-21(30)28-8-6-15(12-28)27-7-4-5-13(11-27)19(29)26-20-25-18-16(24)9-14(23)10-17(18)32-20/h9-10,13,15H,4-8,11-12H2,1-3H3,(H,25,26,29). The maximum atomic E-state index is 13.9. The number of ether oxygens (including phenoxy) is 1. The van der Waals surface area contributed by atoms with E-state index in [0.717, 1.165) is 43.2 Å². The van der Waals surface area contributed by atoms with Crippen LogP contribution in [0.3, 0.4) is 0 Å². The predicted octanol–water partition coefficient (Wildman–Crippen LogP) is 4.23. The van der Waals surface area contributed by atoms with Gasteiger partial charge < -0.3 is 15.0 Å². The van der Waals surface area contributed by atoms with Gasteiger partial charge in [0.15, 0.2) is 10.9 Å². The first kappa shape index (κ1) is 22.8. The van der Waals surface area contributed by atoms with Crippen LogP contribution < -0.4 is 5.32 Å². The van der Waals surface area contributed by atoms with Crippen LogP contribution in [0.1, 0.15) is 40.0 Å². The van der Waals surface area contributed by atoms with Crippen LogP contribution >= 0.6 is 11.3 Å². The summed E-state index contributed by atoms with van der Waals surface area (Å²) in [6.07, 6.45) is 2.17. The zero-order valence-electron chi connectivity index (χ0n) is 18.5. The third-order valence-corrected chi connectivity index (χ3v) is 6.72. The Labute approximate surface area is 189 Å². The first-order valence-corrected chi connectivity index (χ1v) is 11.7. The molecule has 0 bridgehead atoms. The summed E-state index contributed by atoms with van der Waals surface area (Å²) in [5.41, 5.74) is -0.469. The van der Waals surface area contributed by atoms with E-state index in [2.05, 4.69) is 15.2 Å². The molecule has 4 rings (SSSR count). The van der Waals surface area contributed by atoms with Crippen molar-refractivity contribution in [2.45, 2.75) is 51.7 Å². The number of benzene rings is 1. The Hall–Kier alpha value is -2.33. The summed E-state index contributed by atoms with van der Waals surface area (Å²) in [6, 6.07) is 2.19. The summed E-state index contributed by atoms with van der Waals surface area (Å²) in [5, 5.41) is 3.05. The highest BCUT2D eigenvalue weighted by atomic mass is 32.1. The van der Waals surface area contributed by atoms with Crippen molar-refractivity contribution in [2.75, 3.05) is 31.5 Å². The summed E-state index contributed by atoms with van der Waals surface area (Å²) in [4.78, 5) is 33.3. The molecule has 2 saturated heterocycles. The second-order valence-corrected chi connectivity index (χ2v) is 10.5. The van der Waals surface area contributed by atoms with E-state index in [1.807, 2.05) is 20.8 Å².